The highest BCUT2D eigenvalue weighted by atomic mass is 16.1. The molecule has 1 saturated heterocycles. The van der Waals surface area contributed by atoms with Gasteiger partial charge in [-0.15, -0.1) is 0 Å². The first kappa shape index (κ1) is 15.9. The summed E-state index contributed by atoms with van der Waals surface area (Å²) in [7, 11) is 2.15. The van der Waals surface area contributed by atoms with Gasteiger partial charge in [-0.3, -0.25) is 4.79 Å². The first-order valence-electron chi connectivity index (χ1n) is 8.32. The minimum Gasteiger partial charge on any atom is -0.304 e. The molecule has 3 nitrogen and oxygen atoms in total. The Morgan fingerprint density at radius 2 is 1.48 bits per heavy atom. The number of piperazine rings is 1. The van der Waals surface area contributed by atoms with Gasteiger partial charge in [-0.05, 0) is 18.2 Å². The Labute approximate surface area is 138 Å². The number of likely N-dealkylation sites (N-methyl/N-ethyl adjacent to an activating group) is 1. The normalized spacial score (nSPS) is 16.4. The highest BCUT2D eigenvalue weighted by molar-refractivity contribution is 5.96. The van der Waals surface area contributed by atoms with Crippen LogP contribution in [-0.2, 0) is 0 Å². The van der Waals surface area contributed by atoms with Crippen LogP contribution in [0.1, 0.15) is 16.8 Å². The first-order valence-corrected chi connectivity index (χ1v) is 8.32. The molecule has 120 valence electrons. The van der Waals surface area contributed by atoms with Gasteiger partial charge in [-0.25, -0.2) is 0 Å². The number of hydrogen-bond donors (Lipinski definition) is 0. The summed E-state index contributed by atoms with van der Waals surface area (Å²) in [6, 6.07) is 18.2. The van der Waals surface area contributed by atoms with E-state index in [2.05, 4.69) is 29.0 Å². The van der Waals surface area contributed by atoms with Gasteiger partial charge in [0.2, 0.25) is 0 Å². The Balaban J connectivity index is 1.55. The molecule has 0 aliphatic carbocycles. The highest BCUT2D eigenvalue weighted by Crippen LogP contribution is 2.19. The molecule has 0 spiro atoms. The molecule has 1 aliphatic heterocycles. The van der Waals surface area contributed by atoms with Gasteiger partial charge >= 0.3 is 0 Å². The number of carbonyl (C=O) groups is 1. The second-order valence-electron chi connectivity index (χ2n) is 6.26. The van der Waals surface area contributed by atoms with Crippen molar-refractivity contribution in [2.75, 3.05) is 39.8 Å². The van der Waals surface area contributed by atoms with Gasteiger partial charge in [-0.1, -0.05) is 54.6 Å². The molecule has 0 amide bonds. The van der Waals surface area contributed by atoms with Crippen LogP contribution in [0.2, 0.25) is 0 Å². The van der Waals surface area contributed by atoms with E-state index in [4.69, 9.17) is 0 Å². The van der Waals surface area contributed by atoms with E-state index in [1.807, 2.05) is 42.5 Å². The molecule has 0 aromatic heterocycles. The zero-order chi connectivity index (χ0) is 16.1. The second kappa shape index (κ2) is 7.53. The van der Waals surface area contributed by atoms with Gasteiger partial charge in [0, 0.05) is 44.7 Å². The molecule has 0 saturated carbocycles. The third kappa shape index (κ3) is 4.27. The van der Waals surface area contributed by atoms with E-state index in [0.29, 0.717) is 6.42 Å². The minimum absolute atomic E-state index is 0.239. The summed E-state index contributed by atoms with van der Waals surface area (Å²) in [5.74, 6) is 0.239. The molecule has 1 fully saturated rings. The largest absolute Gasteiger partial charge is 0.304 e. The molecule has 0 radical (unpaired) electrons. The maximum Gasteiger partial charge on any atom is 0.164 e. The van der Waals surface area contributed by atoms with E-state index < -0.39 is 0 Å². The van der Waals surface area contributed by atoms with E-state index in [1.54, 1.807) is 0 Å². The van der Waals surface area contributed by atoms with Crippen molar-refractivity contribution in [2.45, 2.75) is 6.42 Å². The van der Waals surface area contributed by atoms with Crippen molar-refractivity contribution in [1.29, 1.82) is 0 Å². The minimum atomic E-state index is 0.239. The van der Waals surface area contributed by atoms with E-state index in [0.717, 1.165) is 43.9 Å². The average molecular weight is 308 g/mol. The smallest absolute Gasteiger partial charge is 0.164 e. The number of hydrogen-bond acceptors (Lipinski definition) is 3. The monoisotopic (exact) mass is 308 g/mol. The molecule has 3 rings (SSSR count). The highest BCUT2D eigenvalue weighted by Gasteiger charge is 2.15. The topological polar surface area (TPSA) is 23.6 Å². The Bertz CT molecular complexity index is 628. The number of ketones is 1. The van der Waals surface area contributed by atoms with E-state index in [1.165, 1.54) is 5.56 Å². The molecule has 0 N–H and O–H groups in total. The lowest BCUT2D eigenvalue weighted by Crippen LogP contribution is -2.45. The Kier molecular flexibility index (Phi) is 5.21. The van der Waals surface area contributed by atoms with Crippen LogP contribution >= 0.6 is 0 Å². The summed E-state index contributed by atoms with van der Waals surface area (Å²) < 4.78 is 0. The molecule has 2 aromatic rings. The summed E-state index contributed by atoms with van der Waals surface area (Å²) in [6.07, 6.45) is 0.606. The molecule has 1 aliphatic rings. The number of nitrogens with zero attached hydrogens (tertiary/aromatic N) is 2. The summed E-state index contributed by atoms with van der Waals surface area (Å²) in [5, 5.41) is 0. The zero-order valence-electron chi connectivity index (χ0n) is 13.7. The summed E-state index contributed by atoms with van der Waals surface area (Å²) in [4.78, 5) is 17.1. The van der Waals surface area contributed by atoms with Gasteiger partial charge < -0.3 is 9.80 Å². The Morgan fingerprint density at radius 3 is 2.13 bits per heavy atom. The maximum absolute atomic E-state index is 12.4. The lowest BCUT2D eigenvalue weighted by molar-refractivity contribution is 0.0942. The molecule has 2 aromatic carbocycles. The Morgan fingerprint density at radius 1 is 0.870 bits per heavy atom. The number of benzene rings is 2. The van der Waals surface area contributed by atoms with Gasteiger partial charge in [0.1, 0.15) is 0 Å². The summed E-state index contributed by atoms with van der Waals surface area (Å²) in [6.45, 7) is 5.19. The fraction of sp³-hybridized carbons (Fsp3) is 0.350. The predicted molar refractivity (Wildman–Crippen MR) is 94.8 cm³/mol. The third-order valence-corrected chi connectivity index (χ3v) is 4.56. The SMILES string of the molecule is CN1CCN(CCC(=O)c2ccc(-c3ccccc3)cc2)CC1. The lowest BCUT2D eigenvalue weighted by atomic mass is 10.0. The summed E-state index contributed by atoms with van der Waals surface area (Å²) in [5.41, 5.74) is 3.16. The van der Waals surface area contributed by atoms with Crippen molar-refractivity contribution in [1.82, 2.24) is 9.80 Å². The van der Waals surface area contributed by atoms with Crippen LogP contribution in [0.15, 0.2) is 54.6 Å². The molecular formula is C20H24N2O. The van der Waals surface area contributed by atoms with Gasteiger partial charge in [0.05, 0.1) is 0 Å². The summed E-state index contributed by atoms with van der Waals surface area (Å²) >= 11 is 0. The fourth-order valence-corrected chi connectivity index (χ4v) is 2.95. The quantitative estimate of drug-likeness (QED) is 0.793. The van der Waals surface area contributed by atoms with Crippen LogP contribution in [0.25, 0.3) is 11.1 Å². The van der Waals surface area contributed by atoms with Crippen molar-refractivity contribution in [3.05, 3.63) is 60.2 Å². The van der Waals surface area contributed by atoms with Crippen LogP contribution in [0, 0.1) is 0 Å². The standard InChI is InChI=1S/C20H24N2O/c1-21-13-15-22(16-14-21)12-11-20(23)19-9-7-18(8-10-19)17-5-3-2-4-6-17/h2-10H,11-16H2,1H3. The van der Waals surface area contributed by atoms with Crippen LogP contribution < -0.4 is 0 Å². The van der Waals surface area contributed by atoms with Gasteiger partial charge in [-0.2, -0.15) is 0 Å². The molecule has 0 atom stereocenters. The molecule has 0 bridgehead atoms. The second-order valence-corrected chi connectivity index (χ2v) is 6.26. The van der Waals surface area contributed by atoms with Crippen molar-refractivity contribution in [2.24, 2.45) is 0 Å². The number of carbonyl (C=O) groups excluding carboxylic acids is 1. The van der Waals surface area contributed by atoms with Crippen molar-refractivity contribution >= 4 is 5.78 Å². The maximum atomic E-state index is 12.4. The molecule has 1 heterocycles. The van der Waals surface area contributed by atoms with E-state index >= 15 is 0 Å². The van der Waals surface area contributed by atoms with Crippen LogP contribution in [-0.4, -0.2) is 55.4 Å². The Hall–Kier alpha value is -1.97. The van der Waals surface area contributed by atoms with E-state index in [-0.39, 0.29) is 5.78 Å². The molecule has 23 heavy (non-hydrogen) atoms. The van der Waals surface area contributed by atoms with Crippen molar-refractivity contribution < 1.29 is 4.79 Å². The van der Waals surface area contributed by atoms with Gasteiger partial charge in [0.25, 0.3) is 0 Å². The average Bonchev–Trinajstić information content (AvgIpc) is 2.62. The van der Waals surface area contributed by atoms with Crippen molar-refractivity contribution in [3.8, 4) is 11.1 Å². The molecule has 3 heteroatoms. The van der Waals surface area contributed by atoms with Crippen molar-refractivity contribution in [3.63, 3.8) is 0 Å². The number of rotatable bonds is 5. The van der Waals surface area contributed by atoms with Crippen LogP contribution in [0.3, 0.4) is 0 Å². The predicted octanol–water partition coefficient (Wildman–Crippen LogP) is 3.17. The first-order chi connectivity index (χ1) is 11.2. The lowest BCUT2D eigenvalue weighted by Gasteiger charge is -2.32. The number of Topliss-reactive ketones (excluding diaryl/α,β-unsaturated/α-hetero) is 1. The molecular weight excluding hydrogens is 284 g/mol. The third-order valence-electron chi connectivity index (χ3n) is 4.56. The fourth-order valence-electron chi connectivity index (χ4n) is 2.95. The molecule has 0 unspecified atom stereocenters. The van der Waals surface area contributed by atoms with Crippen LogP contribution in [0.5, 0.6) is 0 Å². The zero-order valence-corrected chi connectivity index (χ0v) is 13.7. The van der Waals surface area contributed by atoms with Gasteiger partial charge in [0.15, 0.2) is 5.78 Å². The van der Waals surface area contributed by atoms with E-state index in [9.17, 15) is 4.79 Å². The van der Waals surface area contributed by atoms with Crippen LogP contribution in [0.4, 0.5) is 0 Å².